The minimum absolute atomic E-state index is 0.749. The van der Waals surface area contributed by atoms with Crippen molar-refractivity contribution in [2.75, 3.05) is 13.2 Å². The molecule has 0 saturated carbocycles. The molecule has 0 saturated heterocycles. The molecule has 0 unspecified atom stereocenters. The molecule has 0 aliphatic heterocycles. The number of rotatable bonds is 7. The Kier molecular flexibility index (Phi) is 6.50. The van der Waals surface area contributed by atoms with Crippen LogP contribution in [0.2, 0.25) is 0 Å². The number of carbonyl (C=O) groups excluding carboxylic acids is 2. The van der Waals surface area contributed by atoms with Crippen LogP contribution in [0, 0.1) is 0 Å². The van der Waals surface area contributed by atoms with Crippen molar-refractivity contribution in [3.8, 4) is 0 Å². The first-order chi connectivity index (χ1) is 7.43. The van der Waals surface area contributed by atoms with Gasteiger partial charge in [0.05, 0.1) is 6.61 Å². The summed E-state index contributed by atoms with van der Waals surface area (Å²) in [6, 6.07) is 0. The number of carbonyl (C=O) groups is 2. The molecule has 0 aliphatic carbocycles. The van der Waals surface area contributed by atoms with E-state index in [2.05, 4.69) is 11.3 Å². The van der Waals surface area contributed by atoms with Crippen LogP contribution in [0.3, 0.4) is 0 Å². The van der Waals surface area contributed by atoms with E-state index in [9.17, 15) is 14.7 Å². The van der Waals surface area contributed by atoms with Gasteiger partial charge < -0.3 is 25.2 Å². The smallest absolute Gasteiger partial charge is 0.330 e. The summed E-state index contributed by atoms with van der Waals surface area (Å²) in [5.41, 5.74) is 0. The van der Waals surface area contributed by atoms with Gasteiger partial charge in [0.2, 0.25) is 5.78 Å². The first-order valence-corrected chi connectivity index (χ1v) is 4.41. The molecule has 92 valence electrons. The average Bonchev–Trinajstić information content (AvgIpc) is 2.32. The van der Waals surface area contributed by atoms with E-state index < -0.39 is 43.3 Å². The van der Waals surface area contributed by atoms with E-state index in [4.69, 9.17) is 15.3 Å². The Bertz CT molecular complexity index is 263. The quantitative estimate of drug-likeness (QED) is 0.280. The van der Waals surface area contributed by atoms with Gasteiger partial charge in [-0.15, -0.1) is 0 Å². The molecule has 0 amide bonds. The molecule has 0 aromatic heterocycles. The number of aliphatic hydroxyl groups is 4. The van der Waals surface area contributed by atoms with E-state index in [1.165, 1.54) is 0 Å². The summed E-state index contributed by atoms with van der Waals surface area (Å²) >= 11 is 0. The highest BCUT2D eigenvalue weighted by atomic mass is 16.5. The number of esters is 1. The van der Waals surface area contributed by atoms with Gasteiger partial charge in [0, 0.05) is 6.08 Å². The summed E-state index contributed by atoms with van der Waals surface area (Å²) in [6.07, 6.45) is -4.58. The lowest BCUT2D eigenvalue weighted by molar-refractivity contribution is -0.152. The van der Waals surface area contributed by atoms with Crippen molar-refractivity contribution in [1.82, 2.24) is 0 Å². The Morgan fingerprint density at radius 2 is 1.88 bits per heavy atom. The lowest BCUT2D eigenvalue weighted by atomic mass is 10.1. The largest absolute Gasteiger partial charge is 0.454 e. The zero-order valence-corrected chi connectivity index (χ0v) is 8.44. The molecule has 0 fully saturated rings. The highest BCUT2D eigenvalue weighted by molar-refractivity contribution is 5.88. The molecular weight excluding hydrogens is 220 g/mol. The van der Waals surface area contributed by atoms with Gasteiger partial charge in [0.1, 0.15) is 18.3 Å². The molecule has 0 aromatic rings. The van der Waals surface area contributed by atoms with Crippen LogP contribution in [-0.4, -0.2) is 63.7 Å². The van der Waals surface area contributed by atoms with Crippen molar-refractivity contribution >= 4 is 11.8 Å². The fraction of sp³-hybridized carbons (Fsp3) is 0.556. The summed E-state index contributed by atoms with van der Waals surface area (Å²) in [5.74, 6) is -1.84. The third-order valence-corrected chi connectivity index (χ3v) is 1.76. The third-order valence-electron chi connectivity index (χ3n) is 1.76. The summed E-state index contributed by atoms with van der Waals surface area (Å²) in [4.78, 5) is 21.7. The lowest BCUT2D eigenvalue weighted by Gasteiger charge is -2.20. The highest BCUT2D eigenvalue weighted by Crippen LogP contribution is 2.01. The second-order valence-corrected chi connectivity index (χ2v) is 2.96. The van der Waals surface area contributed by atoms with Crippen molar-refractivity contribution in [2.24, 2.45) is 0 Å². The summed E-state index contributed by atoms with van der Waals surface area (Å²) in [6.45, 7) is 1.53. The van der Waals surface area contributed by atoms with Gasteiger partial charge in [-0.1, -0.05) is 6.58 Å². The Morgan fingerprint density at radius 3 is 2.31 bits per heavy atom. The molecule has 4 N–H and O–H groups in total. The van der Waals surface area contributed by atoms with Crippen LogP contribution < -0.4 is 0 Å². The van der Waals surface area contributed by atoms with Gasteiger partial charge in [0.15, 0.2) is 6.61 Å². The highest BCUT2D eigenvalue weighted by Gasteiger charge is 2.30. The van der Waals surface area contributed by atoms with E-state index >= 15 is 0 Å². The van der Waals surface area contributed by atoms with Gasteiger partial charge in [-0.3, -0.25) is 4.79 Å². The van der Waals surface area contributed by atoms with Gasteiger partial charge in [0.25, 0.3) is 0 Å². The molecule has 7 nitrogen and oxygen atoms in total. The molecular formula is C9H14O7. The van der Waals surface area contributed by atoms with E-state index in [1.54, 1.807) is 0 Å². The van der Waals surface area contributed by atoms with Gasteiger partial charge in [-0.05, 0) is 0 Å². The number of hydrogen-bond acceptors (Lipinski definition) is 7. The summed E-state index contributed by atoms with van der Waals surface area (Å²) < 4.78 is 4.32. The van der Waals surface area contributed by atoms with Crippen LogP contribution in [0.4, 0.5) is 0 Å². The molecule has 0 spiro atoms. The number of ether oxygens (including phenoxy) is 1. The topological polar surface area (TPSA) is 124 Å². The summed E-state index contributed by atoms with van der Waals surface area (Å²) in [5, 5.41) is 35.7. The van der Waals surface area contributed by atoms with Crippen molar-refractivity contribution < 1.29 is 34.8 Å². The number of hydrogen-bond donors (Lipinski definition) is 4. The summed E-state index contributed by atoms with van der Waals surface area (Å²) in [7, 11) is 0. The molecule has 0 aliphatic rings. The SMILES string of the molecule is C=CC(=O)OCC(=O)[C@@H](O)[C@H](O)[C@H](O)CO. The third kappa shape index (κ3) is 4.49. The normalized spacial score (nSPS) is 16.0. The fourth-order valence-electron chi connectivity index (χ4n) is 0.795. The second kappa shape index (κ2) is 7.07. The van der Waals surface area contributed by atoms with E-state index in [0.717, 1.165) is 6.08 Å². The van der Waals surface area contributed by atoms with E-state index in [0.29, 0.717) is 0 Å². The maximum atomic E-state index is 11.1. The molecule has 7 heteroatoms. The number of aliphatic hydroxyl groups excluding tert-OH is 4. The van der Waals surface area contributed by atoms with Gasteiger partial charge >= 0.3 is 5.97 Å². The van der Waals surface area contributed by atoms with Crippen LogP contribution in [-0.2, 0) is 14.3 Å². The van der Waals surface area contributed by atoms with Crippen LogP contribution in [0.25, 0.3) is 0 Å². The number of Topliss-reactive ketones (excluding diaryl/α,β-unsaturated/α-hetero) is 1. The molecule has 0 aromatic carbocycles. The van der Waals surface area contributed by atoms with Crippen molar-refractivity contribution in [2.45, 2.75) is 18.3 Å². The van der Waals surface area contributed by atoms with Crippen LogP contribution >= 0.6 is 0 Å². The van der Waals surface area contributed by atoms with Crippen LogP contribution in [0.5, 0.6) is 0 Å². The van der Waals surface area contributed by atoms with Crippen molar-refractivity contribution in [1.29, 1.82) is 0 Å². The minimum Gasteiger partial charge on any atom is -0.454 e. The first-order valence-electron chi connectivity index (χ1n) is 4.41. The molecule has 0 radical (unpaired) electrons. The zero-order chi connectivity index (χ0) is 12.7. The van der Waals surface area contributed by atoms with Crippen molar-refractivity contribution in [3.63, 3.8) is 0 Å². The Labute approximate surface area is 91.6 Å². The fourth-order valence-corrected chi connectivity index (χ4v) is 0.795. The van der Waals surface area contributed by atoms with E-state index in [-0.39, 0.29) is 0 Å². The standard InChI is InChI=1S/C9H14O7/c1-2-7(13)16-4-6(12)9(15)8(14)5(11)3-10/h2,5,8-11,14-15H,1,3-4H2/t5-,8-,9-/m1/s1. The van der Waals surface area contributed by atoms with Crippen molar-refractivity contribution in [3.05, 3.63) is 12.7 Å². The molecule has 3 atom stereocenters. The van der Waals surface area contributed by atoms with Crippen LogP contribution in [0.15, 0.2) is 12.7 Å². The van der Waals surface area contributed by atoms with Gasteiger partial charge in [-0.25, -0.2) is 4.79 Å². The molecule has 0 rings (SSSR count). The second-order valence-electron chi connectivity index (χ2n) is 2.96. The average molecular weight is 234 g/mol. The molecule has 16 heavy (non-hydrogen) atoms. The zero-order valence-electron chi connectivity index (χ0n) is 8.44. The maximum absolute atomic E-state index is 11.1. The molecule has 0 bridgehead atoms. The first kappa shape index (κ1) is 14.7. The molecule has 0 heterocycles. The predicted molar refractivity (Wildman–Crippen MR) is 51.3 cm³/mol. The lowest BCUT2D eigenvalue weighted by Crippen LogP contribution is -2.45. The predicted octanol–water partition coefficient (Wildman–Crippen LogP) is -2.64. The Balaban J connectivity index is 4.17. The maximum Gasteiger partial charge on any atom is 0.330 e. The number of ketones is 1. The Morgan fingerprint density at radius 1 is 1.31 bits per heavy atom. The Hall–Kier alpha value is -1.28. The van der Waals surface area contributed by atoms with Crippen LogP contribution in [0.1, 0.15) is 0 Å². The monoisotopic (exact) mass is 234 g/mol. The van der Waals surface area contributed by atoms with Gasteiger partial charge in [-0.2, -0.15) is 0 Å². The van der Waals surface area contributed by atoms with E-state index in [1.807, 2.05) is 0 Å². The minimum atomic E-state index is -1.93.